The van der Waals surface area contributed by atoms with Crippen LogP contribution >= 0.6 is 12.2 Å². The number of halogens is 1. The van der Waals surface area contributed by atoms with Gasteiger partial charge in [0.05, 0.1) is 18.4 Å². The van der Waals surface area contributed by atoms with Crippen molar-refractivity contribution in [3.8, 4) is 17.1 Å². The van der Waals surface area contributed by atoms with Crippen molar-refractivity contribution in [3.05, 3.63) is 71.7 Å². The largest absolute Gasteiger partial charge is 0.495 e. The molecule has 3 N–H and O–H groups in total. The van der Waals surface area contributed by atoms with Crippen LogP contribution in [-0.4, -0.2) is 23.2 Å². The fraction of sp³-hybridized carbons (Fsp3) is 0.100. The SMILES string of the molecule is COc1ccc(-c2ccc(CO)o2)cc1NC(=S)NC(=O)c1ccccc1F. The molecule has 0 bridgehead atoms. The van der Waals surface area contributed by atoms with E-state index >= 15 is 0 Å². The highest BCUT2D eigenvalue weighted by atomic mass is 32.1. The van der Waals surface area contributed by atoms with E-state index in [0.29, 0.717) is 28.5 Å². The first-order chi connectivity index (χ1) is 13.5. The molecule has 6 nitrogen and oxygen atoms in total. The zero-order valence-electron chi connectivity index (χ0n) is 14.9. The predicted octanol–water partition coefficient (Wildman–Crippen LogP) is 3.71. The molecule has 1 aromatic heterocycles. The normalized spacial score (nSPS) is 10.4. The molecular formula is C20H17FN2O4S. The zero-order valence-corrected chi connectivity index (χ0v) is 15.7. The molecule has 0 atom stereocenters. The van der Waals surface area contributed by atoms with Crippen LogP contribution in [0.3, 0.4) is 0 Å². The van der Waals surface area contributed by atoms with Crippen LogP contribution in [0.25, 0.3) is 11.3 Å². The summed E-state index contributed by atoms with van der Waals surface area (Å²) in [6.45, 7) is -0.201. The summed E-state index contributed by atoms with van der Waals surface area (Å²) < 4.78 is 24.6. The lowest BCUT2D eigenvalue weighted by molar-refractivity contribution is 0.0974. The minimum absolute atomic E-state index is 0.0146. The molecule has 8 heteroatoms. The second-order valence-electron chi connectivity index (χ2n) is 5.73. The Balaban J connectivity index is 1.78. The molecule has 3 aromatic rings. The Morgan fingerprint density at radius 2 is 2.00 bits per heavy atom. The summed E-state index contributed by atoms with van der Waals surface area (Å²) in [5, 5.41) is 14.4. The molecule has 3 rings (SSSR count). The van der Waals surface area contributed by atoms with Gasteiger partial charge in [0.2, 0.25) is 0 Å². The number of rotatable bonds is 5. The molecule has 2 aromatic carbocycles. The third-order valence-corrected chi connectivity index (χ3v) is 4.10. The lowest BCUT2D eigenvalue weighted by atomic mass is 10.1. The average molecular weight is 400 g/mol. The average Bonchev–Trinajstić information content (AvgIpc) is 3.17. The highest BCUT2D eigenvalue weighted by Gasteiger charge is 2.14. The van der Waals surface area contributed by atoms with E-state index in [9.17, 15) is 9.18 Å². The monoisotopic (exact) mass is 400 g/mol. The fourth-order valence-corrected chi connectivity index (χ4v) is 2.75. The topological polar surface area (TPSA) is 83.7 Å². The number of hydrogen-bond donors (Lipinski definition) is 3. The summed E-state index contributed by atoms with van der Waals surface area (Å²) in [6, 6.07) is 14.2. The summed E-state index contributed by atoms with van der Waals surface area (Å²) in [7, 11) is 1.50. The minimum Gasteiger partial charge on any atom is -0.495 e. The van der Waals surface area contributed by atoms with Gasteiger partial charge in [-0.05, 0) is 54.7 Å². The maximum atomic E-state index is 13.7. The van der Waals surface area contributed by atoms with Crippen molar-refractivity contribution in [1.29, 1.82) is 0 Å². The van der Waals surface area contributed by atoms with Gasteiger partial charge in [-0.15, -0.1) is 0 Å². The number of furan rings is 1. The van der Waals surface area contributed by atoms with Gasteiger partial charge in [-0.1, -0.05) is 12.1 Å². The van der Waals surface area contributed by atoms with Crippen LogP contribution in [0.5, 0.6) is 5.75 Å². The highest BCUT2D eigenvalue weighted by Crippen LogP contribution is 2.31. The smallest absolute Gasteiger partial charge is 0.260 e. The van der Waals surface area contributed by atoms with Crippen molar-refractivity contribution in [2.45, 2.75) is 6.61 Å². The van der Waals surface area contributed by atoms with Gasteiger partial charge in [0.15, 0.2) is 5.11 Å². The molecule has 0 spiro atoms. The number of anilines is 1. The van der Waals surface area contributed by atoms with Crippen molar-refractivity contribution in [1.82, 2.24) is 5.32 Å². The predicted molar refractivity (Wildman–Crippen MR) is 107 cm³/mol. The lowest BCUT2D eigenvalue weighted by Crippen LogP contribution is -2.34. The molecule has 144 valence electrons. The van der Waals surface area contributed by atoms with Gasteiger partial charge in [0, 0.05) is 5.56 Å². The first-order valence-corrected chi connectivity index (χ1v) is 8.67. The molecule has 1 heterocycles. The Morgan fingerprint density at radius 3 is 2.68 bits per heavy atom. The van der Waals surface area contributed by atoms with E-state index in [1.165, 1.54) is 25.3 Å². The van der Waals surface area contributed by atoms with Crippen LogP contribution < -0.4 is 15.4 Å². The van der Waals surface area contributed by atoms with Crippen LogP contribution in [0.2, 0.25) is 0 Å². The van der Waals surface area contributed by atoms with E-state index < -0.39 is 11.7 Å². The van der Waals surface area contributed by atoms with Crippen LogP contribution in [0, 0.1) is 5.82 Å². The quantitative estimate of drug-likeness (QED) is 0.567. The second-order valence-corrected chi connectivity index (χ2v) is 6.14. The van der Waals surface area contributed by atoms with E-state index in [1.807, 2.05) is 0 Å². The minimum atomic E-state index is -0.663. The molecule has 0 radical (unpaired) electrons. The van der Waals surface area contributed by atoms with Crippen molar-refractivity contribution >= 4 is 28.9 Å². The molecule has 28 heavy (non-hydrogen) atoms. The Morgan fingerprint density at radius 1 is 1.21 bits per heavy atom. The van der Waals surface area contributed by atoms with Gasteiger partial charge in [-0.2, -0.15) is 0 Å². The van der Waals surface area contributed by atoms with E-state index in [1.54, 1.807) is 36.4 Å². The summed E-state index contributed by atoms with van der Waals surface area (Å²) in [4.78, 5) is 12.2. The van der Waals surface area contributed by atoms with Crippen LogP contribution in [-0.2, 0) is 6.61 Å². The van der Waals surface area contributed by atoms with Crippen LogP contribution in [0.15, 0.2) is 59.0 Å². The van der Waals surface area contributed by atoms with Gasteiger partial charge in [0.25, 0.3) is 5.91 Å². The van der Waals surface area contributed by atoms with E-state index in [0.717, 1.165) is 0 Å². The molecule has 0 aliphatic rings. The van der Waals surface area contributed by atoms with E-state index in [2.05, 4.69) is 10.6 Å². The van der Waals surface area contributed by atoms with Crippen molar-refractivity contribution in [2.75, 3.05) is 12.4 Å². The zero-order chi connectivity index (χ0) is 20.1. The van der Waals surface area contributed by atoms with Gasteiger partial charge < -0.3 is 19.6 Å². The Bertz CT molecular complexity index is 1020. The molecule has 0 saturated carbocycles. The van der Waals surface area contributed by atoms with Gasteiger partial charge in [0.1, 0.15) is 29.7 Å². The molecular weight excluding hydrogens is 383 g/mol. The molecule has 0 fully saturated rings. The number of nitrogens with one attached hydrogen (secondary N) is 2. The Kier molecular flexibility index (Phi) is 6.03. The summed E-state index contributed by atoms with van der Waals surface area (Å²) in [6.07, 6.45) is 0. The van der Waals surface area contributed by atoms with E-state index in [4.69, 9.17) is 26.5 Å². The first kappa shape index (κ1) is 19.5. The number of methoxy groups -OCH3 is 1. The Labute approximate surface area is 165 Å². The molecule has 0 unspecified atom stereocenters. The number of ether oxygens (including phenoxy) is 1. The highest BCUT2D eigenvalue weighted by molar-refractivity contribution is 7.80. The molecule has 0 aliphatic carbocycles. The number of aliphatic hydroxyl groups is 1. The third-order valence-electron chi connectivity index (χ3n) is 3.90. The Hall–Kier alpha value is -3.23. The molecule has 1 amide bonds. The molecule has 0 saturated heterocycles. The number of benzene rings is 2. The van der Waals surface area contributed by atoms with Crippen molar-refractivity contribution < 1.29 is 23.4 Å². The van der Waals surface area contributed by atoms with Crippen LogP contribution in [0.1, 0.15) is 16.1 Å². The summed E-state index contributed by atoms with van der Waals surface area (Å²) in [5.41, 5.74) is 1.09. The fourth-order valence-electron chi connectivity index (χ4n) is 2.55. The number of thiocarbonyl (C=S) groups is 1. The van der Waals surface area contributed by atoms with Gasteiger partial charge in [-0.3, -0.25) is 10.1 Å². The van der Waals surface area contributed by atoms with Crippen molar-refractivity contribution in [3.63, 3.8) is 0 Å². The van der Waals surface area contributed by atoms with Crippen LogP contribution in [0.4, 0.5) is 10.1 Å². The van der Waals surface area contributed by atoms with Crippen molar-refractivity contribution in [2.24, 2.45) is 0 Å². The lowest BCUT2D eigenvalue weighted by Gasteiger charge is -2.14. The van der Waals surface area contributed by atoms with E-state index in [-0.39, 0.29) is 17.3 Å². The first-order valence-electron chi connectivity index (χ1n) is 8.26. The standard InChI is InChI=1S/C20H17FN2O4S/c1-26-18-8-6-12(17-9-7-13(11-24)27-17)10-16(18)22-20(28)23-19(25)14-4-2-3-5-15(14)21/h2-10,24H,11H2,1H3,(H2,22,23,25,28). The molecule has 0 aliphatic heterocycles. The summed E-state index contributed by atoms with van der Waals surface area (Å²) >= 11 is 5.17. The maximum absolute atomic E-state index is 13.7. The third kappa shape index (κ3) is 4.36. The number of carbonyl (C=O) groups is 1. The number of amides is 1. The number of hydrogen-bond acceptors (Lipinski definition) is 5. The number of aliphatic hydroxyl groups excluding tert-OH is 1. The maximum Gasteiger partial charge on any atom is 0.260 e. The second kappa shape index (κ2) is 8.64. The van der Waals surface area contributed by atoms with Gasteiger partial charge in [-0.25, -0.2) is 4.39 Å². The number of carbonyl (C=O) groups excluding carboxylic acids is 1. The summed E-state index contributed by atoms with van der Waals surface area (Å²) in [5.74, 6) is 0.175. The van der Waals surface area contributed by atoms with Gasteiger partial charge >= 0.3 is 0 Å².